The topological polar surface area (TPSA) is 66.7 Å². The number of rotatable bonds is 5. The minimum Gasteiger partial charge on any atom is -0.480 e. The SMILES string of the molecule is O=NC(CCc1cccc(C(F)(F)F)c1)C(=O)O. The van der Waals surface area contributed by atoms with Crippen LogP contribution in [0.15, 0.2) is 29.4 Å². The summed E-state index contributed by atoms with van der Waals surface area (Å²) in [5.74, 6) is -1.38. The molecule has 1 aromatic rings. The highest BCUT2D eigenvalue weighted by Gasteiger charge is 2.30. The zero-order valence-electron chi connectivity index (χ0n) is 9.15. The molecule has 98 valence electrons. The number of nitrogens with zero attached hydrogens (tertiary/aromatic N) is 1. The van der Waals surface area contributed by atoms with Crippen LogP contribution in [-0.4, -0.2) is 17.1 Å². The van der Waals surface area contributed by atoms with Crippen LogP contribution in [-0.2, 0) is 17.4 Å². The molecule has 4 nitrogen and oxygen atoms in total. The quantitative estimate of drug-likeness (QED) is 0.829. The average molecular weight is 261 g/mol. The van der Waals surface area contributed by atoms with E-state index in [2.05, 4.69) is 5.18 Å². The molecule has 0 aliphatic heterocycles. The zero-order chi connectivity index (χ0) is 13.8. The van der Waals surface area contributed by atoms with Crippen LogP contribution < -0.4 is 0 Å². The molecule has 0 aliphatic rings. The fraction of sp³-hybridized carbons (Fsp3) is 0.364. The van der Waals surface area contributed by atoms with Crippen molar-refractivity contribution in [1.29, 1.82) is 0 Å². The summed E-state index contributed by atoms with van der Waals surface area (Å²) in [7, 11) is 0. The van der Waals surface area contributed by atoms with Crippen molar-refractivity contribution in [2.24, 2.45) is 5.18 Å². The number of alkyl halides is 3. The number of aliphatic carboxylic acids is 1. The summed E-state index contributed by atoms with van der Waals surface area (Å²) in [4.78, 5) is 20.7. The second-order valence-corrected chi connectivity index (χ2v) is 3.70. The average Bonchev–Trinajstić information content (AvgIpc) is 2.28. The Kier molecular flexibility index (Phi) is 4.41. The van der Waals surface area contributed by atoms with Gasteiger partial charge in [0.1, 0.15) is 0 Å². The van der Waals surface area contributed by atoms with Crippen LogP contribution in [0.2, 0.25) is 0 Å². The number of hydrogen-bond donors (Lipinski definition) is 1. The maximum absolute atomic E-state index is 12.4. The molecule has 0 spiro atoms. The molecule has 0 saturated carbocycles. The van der Waals surface area contributed by atoms with Crippen molar-refractivity contribution in [1.82, 2.24) is 0 Å². The number of benzene rings is 1. The van der Waals surface area contributed by atoms with Gasteiger partial charge in [-0.15, -0.1) is 4.91 Å². The van der Waals surface area contributed by atoms with Gasteiger partial charge in [0, 0.05) is 0 Å². The lowest BCUT2D eigenvalue weighted by Gasteiger charge is -2.09. The second-order valence-electron chi connectivity index (χ2n) is 3.70. The third kappa shape index (κ3) is 3.83. The monoisotopic (exact) mass is 261 g/mol. The highest BCUT2D eigenvalue weighted by molar-refractivity contribution is 5.73. The van der Waals surface area contributed by atoms with E-state index in [1.807, 2.05) is 0 Å². The Morgan fingerprint density at radius 2 is 2.06 bits per heavy atom. The molecule has 0 fully saturated rings. The van der Waals surface area contributed by atoms with Crippen LogP contribution in [0.4, 0.5) is 13.2 Å². The van der Waals surface area contributed by atoms with Crippen LogP contribution >= 0.6 is 0 Å². The minimum atomic E-state index is -4.44. The summed E-state index contributed by atoms with van der Waals surface area (Å²) in [6.45, 7) is 0. The van der Waals surface area contributed by atoms with Crippen molar-refractivity contribution >= 4 is 5.97 Å². The summed E-state index contributed by atoms with van der Waals surface area (Å²) in [5.41, 5.74) is -0.481. The van der Waals surface area contributed by atoms with Crippen LogP contribution in [0.3, 0.4) is 0 Å². The first-order valence-corrected chi connectivity index (χ1v) is 5.06. The first-order chi connectivity index (χ1) is 8.34. The number of carboxylic acid groups (broad SMARTS) is 1. The van der Waals surface area contributed by atoms with E-state index < -0.39 is 23.8 Å². The molecule has 0 heterocycles. The number of carboxylic acids is 1. The Labute approximate surface area is 100 Å². The van der Waals surface area contributed by atoms with Gasteiger partial charge >= 0.3 is 12.1 Å². The van der Waals surface area contributed by atoms with Gasteiger partial charge in [-0.2, -0.15) is 13.2 Å². The standard InChI is InChI=1S/C11H10F3NO3/c12-11(13,14)8-3-1-2-7(6-8)4-5-9(15-18)10(16)17/h1-3,6,9H,4-5H2,(H,16,17). The lowest BCUT2D eigenvalue weighted by Crippen LogP contribution is -2.18. The Morgan fingerprint density at radius 1 is 1.39 bits per heavy atom. The summed E-state index contributed by atoms with van der Waals surface area (Å²) < 4.78 is 37.2. The Hall–Kier alpha value is -1.92. The number of hydrogen-bond acceptors (Lipinski definition) is 3. The lowest BCUT2D eigenvalue weighted by molar-refractivity contribution is -0.139. The molecule has 7 heteroatoms. The van der Waals surface area contributed by atoms with Crippen molar-refractivity contribution in [2.75, 3.05) is 0 Å². The number of nitroso groups, excluding NO2 is 1. The molecular formula is C11H10F3NO3. The van der Waals surface area contributed by atoms with Gasteiger partial charge in [0.15, 0.2) is 6.04 Å². The summed E-state index contributed by atoms with van der Waals surface area (Å²) in [5, 5.41) is 11.0. The normalized spacial score (nSPS) is 13.1. The van der Waals surface area contributed by atoms with E-state index >= 15 is 0 Å². The van der Waals surface area contributed by atoms with Gasteiger partial charge in [-0.25, -0.2) is 4.79 Å². The van der Waals surface area contributed by atoms with Crippen molar-refractivity contribution in [3.63, 3.8) is 0 Å². The molecule has 0 saturated heterocycles. The molecule has 0 aliphatic carbocycles. The lowest BCUT2D eigenvalue weighted by atomic mass is 10.0. The van der Waals surface area contributed by atoms with Gasteiger partial charge in [-0.3, -0.25) is 0 Å². The summed E-state index contributed by atoms with van der Waals surface area (Å²) in [6, 6.07) is 3.11. The molecule has 0 radical (unpaired) electrons. The summed E-state index contributed by atoms with van der Waals surface area (Å²) >= 11 is 0. The Morgan fingerprint density at radius 3 is 2.56 bits per heavy atom. The van der Waals surface area contributed by atoms with Crippen molar-refractivity contribution in [3.05, 3.63) is 40.3 Å². The predicted octanol–water partition coefficient (Wildman–Crippen LogP) is 2.86. The highest BCUT2D eigenvalue weighted by Crippen LogP contribution is 2.29. The van der Waals surface area contributed by atoms with E-state index in [1.165, 1.54) is 12.1 Å². The Balaban J connectivity index is 2.74. The highest BCUT2D eigenvalue weighted by atomic mass is 19.4. The molecule has 18 heavy (non-hydrogen) atoms. The maximum Gasteiger partial charge on any atom is 0.416 e. The van der Waals surface area contributed by atoms with E-state index in [-0.39, 0.29) is 12.8 Å². The van der Waals surface area contributed by atoms with Gasteiger partial charge in [0.2, 0.25) is 0 Å². The van der Waals surface area contributed by atoms with Crippen LogP contribution in [0.25, 0.3) is 0 Å². The molecular weight excluding hydrogens is 251 g/mol. The van der Waals surface area contributed by atoms with Crippen molar-refractivity contribution < 1.29 is 23.1 Å². The first kappa shape index (κ1) is 14.1. The van der Waals surface area contributed by atoms with Crippen LogP contribution in [0.1, 0.15) is 17.5 Å². The fourth-order valence-electron chi connectivity index (χ4n) is 1.43. The van der Waals surface area contributed by atoms with Gasteiger partial charge in [0.25, 0.3) is 0 Å². The van der Waals surface area contributed by atoms with Gasteiger partial charge in [-0.05, 0) is 24.5 Å². The third-order valence-corrected chi connectivity index (χ3v) is 2.37. The molecule has 1 unspecified atom stereocenters. The van der Waals surface area contributed by atoms with Crippen molar-refractivity contribution in [2.45, 2.75) is 25.1 Å². The third-order valence-electron chi connectivity index (χ3n) is 2.37. The molecule has 1 rings (SSSR count). The van der Waals surface area contributed by atoms with Crippen molar-refractivity contribution in [3.8, 4) is 0 Å². The van der Waals surface area contributed by atoms with Gasteiger partial charge in [0.05, 0.1) is 5.56 Å². The first-order valence-electron chi connectivity index (χ1n) is 5.06. The van der Waals surface area contributed by atoms with Gasteiger partial charge in [-0.1, -0.05) is 23.4 Å². The molecule has 0 bridgehead atoms. The Bertz CT molecular complexity index is 445. The molecule has 0 amide bonds. The van der Waals surface area contributed by atoms with Gasteiger partial charge < -0.3 is 5.11 Å². The second kappa shape index (κ2) is 5.61. The van der Waals surface area contributed by atoms with E-state index in [0.717, 1.165) is 12.1 Å². The van der Waals surface area contributed by atoms with Crippen LogP contribution in [0.5, 0.6) is 0 Å². The van der Waals surface area contributed by atoms with E-state index in [4.69, 9.17) is 5.11 Å². The van der Waals surface area contributed by atoms with E-state index in [1.54, 1.807) is 0 Å². The van der Waals surface area contributed by atoms with E-state index in [9.17, 15) is 22.9 Å². The minimum absolute atomic E-state index is 0.0482. The summed E-state index contributed by atoms with van der Waals surface area (Å²) in [6.07, 6.45) is -4.52. The fourth-order valence-corrected chi connectivity index (χ4v) is 1.43. The molecule has 1 aromatic carbocycles. The number of halogens is 3. The largest absolute Gasteiger partial charge is 0.480 e. The molecule has 0 aromatic heterocycles. The number of aryl methyl sites for hydroxylation is 1. The van der Waals surface area contributed by atoms with E-state index in [0.29, 0.717) is 5.56 Å². The maximum atomic E-state index is 12.4. The molecule has 1 N–H and O–H groups in total. The predicted molar refractivity (Wildman–Crippen MR) is 57.0 cm³/mol. The molecule has 1 atom stereocenters. The number of carbonyl (C=O) groups is 1. The van der Waals surface area contributed by atoms with Crippen LogP contribution in [0, 0.1) is 4.91 Å². The zero-order valence-corrected chi connectivity index (χ0v) is 9.15. The smallest absolute Gasteiger partial charge is 0.416 e.